The van der Waals surface area contributed by atoms with Gasteiger partial charge in [-0.15, -0.1) is 0 Å². The highest BCUT2D eigenvalue weighted by atomic mass is 35.5. The zero-order valence-electron chi connectivity index (χ0n) is 9.09. The molecule has 0 bridgehead atoms. The first-order chi connectivity index (χ1) is 7.18. The first-order valence-corrected chi connectivity index (χ1v) is 5.64. The first kappa shape index (κ1) is 10.8. The van der Waals surface area contributed by atoms with Crippen LogP contribution in [-0.4, -0.2) is 23.2 Å². The summed E-state index contributed by atoms with van der Waals surface area (Å²) in [6.07, 6.45) is 2.18. The van der Waals surface area contributed by atoms with Gasteiger partial charge in [0.05, 0.1) is 6.61 Å². The Morgan fingerprint density at radius 2 is 2.13 bits per heavy atom. The normalized spacial score (nSPS) is 21.7. The van der Waals surface area contributed by atoms with Crippen molar-refractivity contribution in [2.45, 2.75) is 32.6 Å². The molecule has 1 aliphatic heterocycles. The largest absolute Gasteiger partial charge is 0.381 e. The van der Waals surface area contributed by atoms with E-state index in [9.17, 15) is 0 Å². The molecule has 0 N–H and O–H groups in total. The highest BCUT2D eigenvalue weighted by molar-refractivity contribution is 6.30. The lowest BCUT2D eigenvalue weighted by Gasteiger charge is -2.21. The summed E-state index contributed by atoms with van der Waals surface area (Å²) in [7, 11) is 0. The number of hydrogen-bond acceptors (Lipinski definition) is 3. The molecule has 0 amide bonds. The van der Waals surface area contributed by atoms with Crippen LogP contribution in [0.5, 0.6) is 0 Å². The van der Waals surface area contributed by atoms with Crippen molar-refractivity contribution in [1.82, 2.24) is 9.97 Å². The van der Waals surface area contributed by atoms with Crippen LogP contribution < -0.4 is 0 Å². The molecule has 1 aliphatic rings. The molecule has 0 radical (unpaired) electrons. The van der Waals surface area contributed by atoms with E-state index in [-0.39, 0.29) is 0 Å². The van der Waals surface area contributed by atoms with E-state index in [4.69, 9.17) is 16.3 Å². The molecule has 0 aromatic carbocycles. The standard InChI is InChI=1S/C11H15ClN2O/c1-7-8(2)13-11(14-10(7)12)9-4-3-5-15-6-9/h9H,3-6H2,1-2H3. The van der Waals surface area contributed by atoms with Crippen molar-refractivity contribution in [3.8, 4) is 0 Å². The average molecular weight is 227 g/mol. The minimum atomic E-state index is 0.315. The van der Waals surface area contributed by atoms with Gasteiger partial charge < -0.3 is 4.74 Å². The molecule has 3 nitrogen and oxygen atoms in total. The van der Waals surface area contributed by atoms with Gasteiger partial charge in [0, 0.05) is 23.8 Å². The summed E-state index contributed by atoms with van der Waals surface area (Å²) in [5.41, 5.74) is 1.94. The maximum Gasteiger partial charge on any atom is 0.135 e. The number of aryl methyl sites for hydroxylation is 1. The van der Waals surface area contributed by atoms with Crippen LogP contribution in [-0.2, 0) is 4.74 Å². The van der Waals surface area contributed by atoms with Crippen molar-refractivity contribution < 1.29 is 4.74 Å². The van der Waals surface area contributed by atoms with E-state index in [1.54, 1.807) is 0 Å². The van der Waals surface area contributed by atoms with Gasteiger partial charge >= 0.3 is 0 Å². The molecule has 1 aromatic heterocycles. The Morgan fingerprint density at radius 3 is 2.73 bits per heavy atom. The number of rotatable bonds is 1. The zero-order chi connectivity index (χ0) is 10.8. The topological polar surface area (TPSA) is 35.0 Å². The number of ether oxygens (including phenoxy) is 1. The molecule has 2 rings (SSSR count). The summed E-state index contributed by atoms with van der Waals surface area (Å²) >= 11 is 6.05. The van der Waals surface area contributed by atoms with Gasteiger partial charge in [0.1, 0.15) is 11.0 Å². The lowest BCUT2D eigenvalue weighted by Crippen LogP contribution is -2.18. The highest BCUT2D eigenvalue weighted by Crippen LogP contribution is 2.25. The molecule has 2 heterocycles. The zero-order valence-corrected chi connectivity index (χ0v) is 9.84. The van der Waals surface area contributed by atoms with E-state index in [0.717, 1.165) is 43.1 Å². The van der Waals surface area contributed by atoms with E-state index in [0.29, 0.717) is 11.1 Å². The van der Waals surface area contributed by atoms with Gasteiger partial charge in [0.25, 0.3) is 0 Å². The van der Waals surface area contributed by atoms with Crippen LogP contribution in [0.15, 0.2) is 0 Å². The number of nitrogens with zero attached hydrogens (tertiary/aromatic N) is 2. The smallest absolute Gasteiger partial charge is 0.135 e. The van der Waals surface area contributed by atoms with Gasteiger partial charge in [-0.05, 0) is 26.7 Å². The van der Waals surface area contributed by atoms with Crippen molar-refractivity contribution >= 4 is 11.6 Å². The monoisotopic (exact) mass is 226 g/mol. The maximum atomic E-state index is 6.05. The highest BCUT2D eigenvalue weighted by Gasteiger charge is 2.20. The van der Waals surface area contributed by atoms with E-state index in [1.807, 2.05) is 13.8 Å². The molecule has 1 aromatic rings. The molecule has 0 spiro atoms. The predicted molar refractivity (Wildman–Crippen MR) is 59.3 cm³/mol. The van der Waals surface area contributed by atoms with Gasteiger partial charge in [-0.1, -0.05) is 11.6 Å². The van der Waals surface area contributed by atoms with Gasteiger partial charge in [-0.3, -0.25) is 0 Å². The molecule has 1 saturated heterocycles. The number of halogens is 1. The Kier molecular flexibility index (Phi) is 3.22. The van der Waals surface area contributed by atoms with Gasteiger partial charge in [0.2, 0.25) is 0 Å². The van der Waals surface area contributed by atoms with Crippen molar-refractivity contribution in [2.75, 3.05) is 13.2 Å². The fourth-order valence-electron chi connectivity index (χ4n) is 1.74. The third-order valence-electron chi connectivity index (χ3n) is 2.87. The summed E-state index contributed by atoms with van der Waals surface area (Å²) in [6, 6.07) is 0. The summed E-state index contributed by atoms with van der Waals surface area (Å²) in [6.45, 7) is 5.49. The predicted octanol–water partition coefficient (Wildman–Crippen LogP) is 2.64. The van der Waals surface area contributed by atoms with Crippen LogP contribution in [0, 0.1) is 13.8 Å². The van der Waals surface area contributed by atoms with Crippen molar-refractivity contribution in [3.05, 3.63) is 22.2 Å². The Hall–Kier alpha value is -0.670. The molecule has 82 valence electrons. The Bertz CT molecular complexity index is 339. The fraction of sp³-hybridized carbons (Fsp3) is 0.636. The van der Waals surface area contributed by atoms with Crippen LogP contribution >= 0.6 is 11.6 Å². The van der Waals surface area contributed by atoms with Crippen molar-refractivity contribution in [3.63, 3.8) is 0 Å². The van der Waals surface area contributed by atoms with Crippen LogP contribution in [0.25, 0.3) is 0 Å². The minimum Gasteiger partial charge on any atom is -0.381 e. The molecule has 15 heavy (non-hydrogen) atoms. The minimum absolute atomic E-state index is 0.315. The first-order valence-electron chi connectivity index (χ1n) is 5.27. The third-order valence-corrected chi connectivity index (χ3v) is 3.24. The van der Waals surface area contributed by atoms with Gasteiger partial charge in [0.15, 0.2) is 0 Å². The summed E-state index contributed by atoms with van der Waals surface area (Å²) in [5, 5.41) is 0.572. The molecule has 1 fully saturated rings. The van der Waals surface area contributed by atoms with E-state index in [1.165, 1.54) is 0 Å². The molecule has 4 heteroatoms. The Labute approximate surface area is 94.8 Å². The van der Waals surface area contributed by atoms with E-state index >= 15 is 0 Å². The number of hydrogen-bond donors (Lipinski definition) is 0. The van der Waals surface area contributed by atoms with Crippen LogP contribution in [0.3, 0.4) is 0 Å². The van der Waals surface area contributed by atoms with Crippen molar-refractivity contribution in [1.29, 1.82) is 0 Å². The molecule has 0 aliphatic carbocycles. The summed E-state index contributed by atoms with van der Waals surface area (Å²) < 4.78 is 5.42. The van der Waals surface area contributed by atoms with Crippen LogP contribution in [0.1, 0.15) is 35.8 Å². The van der Waals surface area contributed by atoms with Crippen molar-refractivity contribution in [2.24, 2.45) is 0 Å². The second-order valence-electron chi connectivity index (χ2n) is 4.00. The SMILES string of the molecule is Cc1nc(C2CCCOC2)nc(Cl)c1C. The lowest BCUT2D eigenvalue weighted by atomic mass is 10.0. The number of aromatic nitrogens is 2. The van der Waals surface area contributed by atoms with E-state index in [2.05, 4.69) is 9.97 Å². The molecule has 1 unspecified atom stereocenters. The van der Waals surface area contributed by atoms with E-state index < -0.39 is 0 Å². The second-order valence-corrected chi connectivity index (χ2v) is 4.36. The molecule has 0 saturated carbocycles. The lowest BCUT2D eigenvalue weighted by molar-refractivity contribution is 0.0780. The molecular formula is C11H15ClN2O. The fourth-order valence-corrected chi connectivity index (χ4v) is 1.96. The maximum absolute atomic E-state index is 6.05. The average Bonchev–Trinajstić information content (AvgIpc) is 2.26. The Morgan fingerprint density at radius 1 is 1.33 bits per heavy atom. The molecular weight excluding hydrogens is 212 g/mol. The molecule has 1 atom stereocenters. The Balaban J connectivity index is 2.27. The quantitative estimate of drug-likeness (QED) is 0.691. The summed E-state index contributed by atoms with van der Waals surface area (Å²) in [5.74, 6) is 1.15. The third kappa shape index (κ3) is 2.29. The van der Waals surface area contributed by atoms with Gasteiger partial charge in [-0.25, -0.2) is 9.97 Å². The van der Waals surface area contributed by atoms with Crippen LogP contribution in [0.2, 0.25) is 5.15 Å². The van der Waals surface area contributed by atoms with Gasteiger partial charge in [-0.2, -0.15) is 0 Å². The summed E-state index contributed by atoms with van der Waals surface area (Å²) in [4.78, 5) is 8.81. The van der Waals surface area contributed by atoms with Crippen LogP contribution in [0.4, 0.5) is 0 Å². The second kappa shape index (κ2) is 4.45.